The number of hydrogen-bond acceptors (Lipinski definition) is 3. The second kappa shape index (κ2) is 5.74. The highest BCUT2D eigenvalue weighted by Crippen LogP contribution is 2.31. The Balaban J connectivity index is 2.29. The Morgan fingerprint density at radius 1 is 1.33 bits per heavy atom. The molecule has 0 saturated heterocycles. The number of halogens is 2. The van der Waals surface area contributed by atoms with Gasteiger partial charge in [-0.2, -0.15) is 0 Å². The first-order chi connectivity index (χ1) is 8.61. The molecular formula is C13H14Cl2N2O. The summed E-state index contributed by atoms with van der Waals surface area (Å²) in [5.74, 6) is 0.679. The van der Waals surface area contributed by atoms with E-state index in [0.717, 1.165) is 18.4 Å². The molecule has 18 heavy (non-hydrogen) atoms. The summed E-state index contributed by atoms with van der Waals surface area (Å²) in [4.78, 5) is 0. The molecule has 1 atom stereocenters. The maximum absolute atomic E-state index is 6.12. The molecule has 1 heterocycles. The quantitative estimate of drug-likeness (QED) is 0.903. The first-order valence-electron chi connectivity index (χ1n) is 5.79. The maximum Gasteiger partial charge on any atom is 0.154 e. The molecule has 0 aliphatic heterocycles. The summed E-state index contributed by atoms with van der Waals surface area (Å²) < 4.78 is 5.25. The number of rotatable bonds is 4. The normalized spacial score (nSPS) is 12.7. The second-order valence-electron chi connectivity index (χ2n) is 4.13. The van der Waals surface area contributed by atoms with Crippen LogP contribution in [0, 0.1) is 0 Å². The van der Waals surface area contributed by atoms with E-state index in [9.17, 15) is 0 Å². The van der Waals surface area contributed by atoms with Crippen molar-refractivity contribution in [3.8, 4) is 11.3 Å². The van der Waals surface area contributed by atoms with Gasteiger partial charge in [0, 0.05) is 16.7 Å². The Kier molecular flexibility index (Phi) is 4.27. The summed E-state index contributed by atoms with van der Waals surface area (Å²) in [5.41, 5.74) is 7.44. The van der Waals surface area contributed by atoms with Gasteiger partial charge < -0.3 is 10.3 Å². The highest BCUT2D eigenvalue weighted by Gasteiger charge is 2.14. The van der Waals surface area contributed by atoms with E-state index >= 15 is 0 Å². The molecule has 3 nitrogen and oxygen atoms in total. The van der Waals surface area contributed by atoms with E-state index in [-0.39, 0.29) is 6.04 Å². The Labute approximate surface area is 116 Å². The van der Waals surface area contributed by atoms with E-state index in [1.165, 1.54) is 0 Å². The summed E-state index contributed by atoms with van der Waals surface area (Å²) in [6.07, 6.45) is 1.86. The van der Waals surface area contributed by atoms with Crippen molar-refractivity contribution in [2.75, 3.05) is 0 Å². The Bertz CT molecular complexity index is 540. The molecule has 0 radical (unpaired) electrons. The average molecular weight is 285 g/mol. The number of hydrogen-bond donors (Lipinski definition) is 1. The van der Waals surface area contributed by atoms with Crippen LogP contribution in [-0.2, 0) is 0 Å². The number of benzene rings is 1. The van der Waals surface area contributed by atoms with E-state index in [2.05, 4.69) is 12.1 Å². The molecule has 0 amide bonds. The Hall–Kier alpha value is -1.03. The van der Waals surface area contributed by atoms with Crippen molar-refractivity contribution in [3.63, 3.8) is 0 Å². The molecule has 1 aromatic carbocycles. The van der Waals surface area contributed by atoms with E-state index in [1.807, 2.05) is 12.1 Å². The van der Waals surface area contributed by atoms with E-state index < -0.39 is 0 Å². The van der Waals surface area contributed by atoms with Gasteiger partial charge in [-0.3, -0.25) is 0 Å². The fourth-order valence-corrected chi connectivity index (χ4v) is 2.25. The van der Waals surface area contributed by atoms with Crippen LogP contribution in [0.25, 0.3) is 11.3 Å². The Morgan fingerprint density at radius 3 is 2.78 bits per heavy atom. The predicted molar refractivity (Wildman–Crippen MR) is 73.8 cm³/mol. The fraction of sp³-hybridized carbons (Fsp3) is 0.308. The van der Waals surface area contributed by atoms with Crippen LogP contribution >= 0.6 is 23.2 Å². The summed E-state index contributed by atoms with van der Waals surface area (Å²) in [6.45, 7) is 2.08. The first-order valence-corrected chi connectivity index (χ1v) is 6.55. The molecular weight excluding hydrogens is 271 g/mol. The zero-order valence-corrected chi connectivity index (χ0v) is 11.5. The van der Waals surface area contributed by atoms with Crippen molar-refractivity contribution >= 4 is 23.2 Å². The minimum absolute atomic E-state index is 0.123. The van der Waals surface area contributed by atoms with Crippen molar-refractivity contribution in [1.82, 2.24) is 5.16 Å². The van der Waals surface area contributed by atoms with Crippen LogP contribution in [0.3, 0.4) is 0 Å². The molecule has 0 aliphatic rings. The van der Waals surface area contributed by atoms with Gasteiger partial charge in [-0.1, -0.05) is 41.7 Å². The van der Waals surface area contributed by atoms with Gasteiger partial charge >= 0.3 is 0 Å². The summed E-state index contributed by atoms with van der Waals surface area (Å²) in [7, 11) is 0. The molecule has 0 saturated carbocycles. The van der Waals surface area contributed by atoms with Gasteiger partial charge in [-0.15, -0.1) is 0 Å². The molecule has 2 aromatic rings. The minimum Gasteiger partial charge on any atom is -0.359 e. The highest BCUT2D eigenvalue weighted by atomic mass is 35.5. The van der Waals surface area contributed by atoms with Crippen molar-refractivity contribution in [1.29, 1.82) is 0 Å². The van der Waals surface area contributed by atoms with E-state index in [1.54, 1.807) is 12.1 Å². The minimum atomic E-state index is -0.123. The zero-order valence-electron chi connectivity index (χ0n) is 9.99. The monoisotopic (exact) mass is 284 g/mol. The molecule has 96 valence electrons. The van der Waals surface area contributed by atoms with Crippen LogP contribution in [-0.4, -0.2) is 5.16 Å². The predicted octanol–water partition coefficient (Wildman–Crippen LogP) is 4.45. The molecule has 1 aromatic heterocycles. The van der Waals surface area contributed by atoms with Gasteiger partial charge in [0.15, 0.2) is 5.76 Å². The fourth-order valence-electron chi connectivity index (χ4n) is 1.74. The van der Waals surface area contributed by atoms with Gasteiger partial charge in [0.2, 0.25) is 0 Å². The van der Waals surface area contributed by atoms with Gasteiger partial charge in [-0.25, -0.2) is 0 Å². The standard InChI is InChI=1S/C13H14Cl2N2O/c1-2-3-11(16)13-7-12(17-18-13)9-5-4-8(14)6-10(9)15/h4-7,11H,2-3,16H2,1H3. The van der Waals surface area contributed by atoms with Crippen molar-refractivity contribution in [2.24, 2.45) is 5.73 Å². The van der Waals surface area contributed by atoms with Crippen LogP contribution in [0.1, 0.15) is 31.6 Å². The van der Waals surface area contributed by atoms with Crippen LogP contribution in [0.2, 0.25) is 10.0 Å². The molecule has 2 rings (SSSR count). The van der Waals surface area contributed by atoms with Crippen LogP contribution in [0.15, 0.2) is 28.8 Å². The SMILES string of the molecule is CCCC(N)c1cc(-c2ccc(Cl)cc2Cl)no1. The van der Waals surface area contributed by atoms with Gasteiger partial charge in [0.25, 0.3) is 0 Å². The van der Waals surface area contributed by atoms with Crippen LogP contribution in [0.5, 0.6) is 0 Å². The van der Waals surface area contributed by atoms with Gasteiger partial charge in [0.1, 0.15) is 5.69 Å². The topological polar surface area (TPSA) is 52.0 Å². The third-order valence-corrected chi connectivity index (χ3v) is 3.25. The molecule has 0 fully saturated rings. The highest BCUT2D eigenvalue weighted by molar-refractivity contribution is 6.36. The number of aromatic nitrogens is 1. The molecule has 5 heteroatoms. The van der Waals surface area contributed by atoms with Crippen molar-refractivity contribution < 1.29 is 4.52 Å². The molecule has 0 aliphatic carbocycles. The first kappa shape index (κ1) is 13.4. The number of nitrogens with zero attached hydrogens (tertiary/aromatic N) is 1. The van der Waals surface area contributed by atoms with Crippen molar-refractivity contribution in [2.45, 2.75) is 25.8 Å². The summed E-state index contributed by atoms with van der Waals surface area (Å²) in [5, 5.41) is 5.14. The lowest BCUT2D eigenvalue weighted by molar-refractivity contribution is 0.356. The molecule has 0 spiro atoms. The maximum atomic E-state index is 6.12. The lowest BCUT2D eigenvalue weighted by Crippen LogP contribution is -2.08. The lowest BCUT2D eigenvalue weighted by atomic mass is 10.1. The van der Waals surface area contributed by atoms with Crippen molar-refractivity contribution in [3.05, 3.63) is 40.1 Å². The van der Waals surface area contributed by atoms with Crippen LogP contribution < -0.4 is 5.73 Å². The smallest absolute Gasteiger partial charge is 0.154 e. The summed E-state index contributed by atoms with van der Waals surface area (Å²) in [6, 6.07) is 6.97. The third-order valence-electron chi connectivity index (χ3n) is 2.70. The lowest BCUT2D eigenvalue weighted by Gasteiger charge is -2.03. The zero-order chi connectivity index (χ0) is 13.1. The average Bonchev–Trinajstić information content (AvgIpc) is 2.78. The second-order valence-corrected chi connectivity index (χ2v) is 4.98. The summed E-state index contributed by atoms with van der Waals surface area (Å²) >= 11 is 12.0. The van der Waals surface area contributed by atoms with E-state index in [0.29, 0.717) is 21.5 Å². The molecule has 1 unspecified atom stereocenters. The third kappa shape index (κ3) is 2.86. The van der Waals surface area contributed by atoms with E-state index in [4.69, 9.17) is 33.5 Å². The van der Waals surface area contributed by atoms with Gasteiger partial charge in [-0.05, 0) is 24.6 Å². The van der Waals surface area contributed by atoms with Crippen LogP contribution in [0.4, 0.5) is 0 Å². The Morgan fingerprint density at radius 2 is 2.11 bits per heavy atom. The van der Waals surface area contributed by atoms with Gasteiger partial charge in [0.05, 0.1) is 11.1 Å². The molecule has 2 N–H and O–H groups in total. The molecule has 0 bridgehead atoms. The number of nitrogens with two attached hydrogens (primary N) is 1. The largest absolute Gasteiger partial charge is 0.359 e.